The topological polar surface area (TPSA) is 36.4 Å². The molecule has 0 amide bonds. The number of hydrogen-bond acceptors (Lipinski definition) is 3. The summed E-state index contributed by atoms with van der Waals surface area (Å²) in [7, 11) is 0. The zero-order valence-corrected chi connectivity index (χ0v) is 8.64. The summed E-state index contributed by atoms with van der Waals surface area (Å²) in [5, 5.41) is 6.03. The van der Waals surface area contributed by atoms with Crippen LogP contribution in [0.2, 0.25) is 0 Å². The number of nitrogens with zero attached hydrogens (tertiary/aromatic N) is 1. The maximum atomic E-state index is 4.20. The molecule has 3 nitrogen and oxygen atoms in total. The van der Waals surface area contributed by atoms with E-state index in [9.17, 15) is 0 Å². The number of rotatable bonds is 5. The highest BCUT2D eigenvalue weighted by molar-refractivity contribution is 5.64. The summed E-state index contributed by atoms with van der Waals surface area (Å²) in [5.74, 6) is 0.859. The van der Waals surface area contributed by atoms with Crippen LogP contribution in [0.5, 0.6) is 0 Å². The predicted octanol–water partition coefficient (Wildman–Crippen LogP) is 2.27. The summed E-state index contributed by atoms with van der Waals surface area (Å²) < 4.78 is 0. The van der Waals surface area contributed by atoms with E-state index in [-0.39, 0.29) is 0 Å². The molecule has 1 heterocycles. The van der Waals surface area contributed by atoms with Crippen LogP contribution >= 0.6 is 0 Å². The fraction of sp³-hybridized carbons (Fsp3) is 0.364. The predicted molar refractivity (Wildman–Crippen MR) is 60.7 cm³/mol. The van der Waals surface area contributed by atoms with Gasteiger partial charge in [0.25, 0.3) is 0 Å². The third kappa shape index (κ3) is 2.49. The normalized spacial score (nSPS) is 15.4. The lowest BCUT2D eigenvalue weighted by Gasteiger charge is -2.18. The van der Waals surface area contributed by atoms with Crippen LogP contribution in [0.4, 0.5) is 0 Å². The van der Waals surface area contributed by atoms with E-state index in [4.69, 9.17) is 0 Å². The molecule has 1 rings (SSSR count). The zero-order valence-electron chi connectivity index (χ0n) is 8.64. The highest BCUT2D eigenvalue weighted by Crippen LogP contribution is 2.19. The molecule has 3 heteroatoms. The van der Waals surface area contributed by atoms with Crippen LogP contribution in [-0.4, -0.2) is 6.34 Å². The highest BCUT2D eigenvalue weighted by atomic mass is 15.1. The molecule has 0 radical (unpaired) electrons. The van der Waals surface area contributed by atoms with E-state index in [0.717, 1.165) is 29.9 Å². The molecule has 0 saturated heterocycles. The van der Waals surface area contributed by atoms with Crippen molar-refractivity contribution in [1.82, 2.24) is 10.6 Å². The Morgan fingerprint density at radius 3 is 3.07 bits per heavy atom. The van der Waals surface area contributed by atoms with Crippen molar-refractivity contribution in [2.75, 3.05) is 0 Å². The molecule has 0 unspecified atom stereocenters. The standard InChI is InChI=1S/C11H17N3/c1-4-6-7-10-9(3)13-8-14-11(10)12-5-2/h5,8,12H,2-4,6-7H2,1H3,(H,13,14). The van der Waals surface area contributed by atoms with E-state index < -0.39 is 0 Å². The molecule has 14 heavy (non-hydrogen) atoms. The summed E-state index contributed by atoms with van der Waals surface area (Å²) in [4.78, 5) is 4.20. The third-order valence-corrected chi connectivity index (χ3v) is 2.10. The molecule has 2 N–H and O–H groups in total. The Morgan fingerprint density at radius 2 is 2.43 bits per heavy atom. The first-order valence-corrected chi connectivity index (χ1v) is 4.88. The minimum atomic E-state index is 0.859. The SMILES string of the molecule is C=CNC1=C(CCCC)C(=C)NC=N1. The molecule has 76 valence electrons. The number of allylic oxidation sites excluding steroid dienone is 1. The number of unbranched alkanes of at least 4 members (excludes halogenated alkanes) is 1. The van der Waals surface area contributed by atoms with Crippen LogP contribution in [0.15, 0.2) is 41.4 Å². The van der Waals surface area contributed by atoms with Gasteiger partial charge in [-0.3, -0.25) is 0 Å². The second-order valence-electron chi connectivity index (χ2n) is 3.16. The average Bonchev–Trinajstić information content (AvgIpc) is 2.18. The zero-order chi connectivity index (χ0) is 10.4. The number of nitrogens with one attached hydrogen (secondary N) is 2. The molecule has 1 aliphatic rings. The molecule has 0 aromatic rings. The third-order valence-electron chi connectivity index (χ3n) is 2.10. The molecule has 0 fully saturated rings. The quantitative estimate of drug-likeness (QED) is 0.699. The van der Waals surface area contributed by atoms with Crippen LogP contribution in [0, 0.1) is 0 Å². The van der Waals surface area contributed by atoms with Crippen molar-refractivity contribution in [3.05, 3.63) is 36.4 Å². The van der Waals surface area contributed by atoms with Crippen LogP contribution in [0.1, 0.15) is 26.2 Å². The lowest BCUT2D eigenvalue weighted by molar-refractivity contribution is 0.763. The van der Waals surface area contributed by atoms with E-state index in [2.05, 4.69) is 35.7 Å². The molecule has 0 atom stereocenters. The second kappa shape index (κ2) is 5.27. The molecule has 0 aromatic heterocycles. The van der Waals surface area contributed by atoms with Gasteiger partial charge in [-0.25, -0.2) is 4.99 Å². The van der Waals surface area contributed by atoms with Crippen LogP contribution in [0.25, 0.3) is 0 Å². The fourth-order valence-electron chi connectivity index (χ4n) is 1.33. The van der Waals surface area contributed by atoms with Crippen molar-refractivity contribution < 1.29 is 0 Å². The number of aliphatic imine (C=N–C) groups is 1. The largest absolute Gasteiger partial charge is 0.347 e. The van der Waals surface area contributed by atoms with Gasteiger partial charge >= 0.3 is 0 Å². The summed E-state index contributed by atoms with van der Waals surface area (Å²) in [6.45, 7) is 9.74. The summed E-state index contributed by atoms with van der Waals surface area (Å²) in [6, 6.07) is 0. The van der Waals surface area contributed by atoms with Gasteiger partial charge in [-0.2, -0.15) is 0 Å². The van der Waals surface area contributed by atoms with Gasteiger partial charge in [0.15, 0.2) is 0 Å². The Hall–Kier alpha value is -1.51. The van der Waals surface area contributed by atoms with Crippen LogP contribution in [-0.2, 0) is 0 Å². The minimum Gasteiger partial charge on any atom is -0.347 e. The summed E-state index contributed by atoms with van der Waals surface area (Å²) >= 11 is 0. The lowest BCUT2D eigenvalue weighted by atomic mass is 10.1. The molecular weight excluding hydrogens is 174 g/mol. The molecular formula is C11H17N3. The highest BCUT2D eigenvalue weighted by Gasteiger charge is 2.11. The Balaban J connectivity index is 2.80. The van der Waals surface area contributed by atoms with Gasteiger partial charge in [0, 0.05) is 11.3 Å². The maximum Gasteiger partial charge on any atom is 0.136 e. The second-order valence-corrected chi connectivity index (χ2v) is 3.16. The summed E-state index contributed by atoms with van der Waals surface area (Å²) in [6.07, 6.45) is 6.59. The van der Waals surface area contributed by atoms with Crippen molar-refractivity contribution in [3.8, 4) is 0 Å². The average molecular weight is 191 g/mol. The van der Waals surface area contributed by atoms with E-state index in [1.807, 2.05) is 0 Å². The van der Waals surface area contributed by atoms with Crippen molar-refractivity contribution in [1.29, 1.82) is 0 Å². The van der Waals surface area contributed by atoms with Gasteiger partial charge in [-0.1, -0.05) is 26.5 Å². The molecule has 0 spiro atoms. The molecule has 0 saturated carbocycles. The first kappa shape index (κ1) is 10.6. The molecule has 0 aromatic carbocycles. The fourth-order valence-corrected chi connectivity index (χ4v) is 1.33. The van der Waals surface area contributed by atoms with E-state index in [1.54, 1.807) is 12.5 Å². The van der Waals surface area contributed by atoms with Crippen molar-refractivity contribution in [3.63, 3.8) is 0 Å². The monoisotopic (exact) mass is 191 g/mol. The van der Waals surface area contributed by atoms with E-state index >= 15 is 0 Å². The Morgan fingerprint density at radius 1 is 1.64 bits per heavy atom. The van der Waals surface area contributed by atoms with Gasteiger partial charge in [0.1, 0.15) is 5.82 Å². The van der Waals surface area contributed by atoms with Gasteiger partial charge < -0.3 is 10.6 Å². The lowest BCUT2D eigenvalue weighted by Crippen LogP contribution is -2.21. The Labute approximate surface area is 85.3 Å². The first-order chi connectivity index (χ1) is 6.79. The van der Waals surface area contributed by atoms with Gasteiger partial charge in [0.2, 0.25) is 0 Å². The van der Waals surface area contributed by atoms with Crippen LogP contribution in [0.3, 0.4) is 0 Å². The van der Waals surface area contributed by atoms with Crippen molar-refractivity contribution in [2.24, 2.45) is 4.99 Å². The molecule has 0 aliphatic carbocycles. The first-order valence-electron chi connectivity index (χ1n) is 4.88. The van der Waals surface area contributed by atoms with Gasteiger partial charge in [-0.15, -0.1) is 0 Å². The number of hydrogen-bond donors (Lipinski definition) is 2. The van der Waals surface area contributed by atoms with Crippen molar-refractivity contribution >= 4 is 6.34 Å². The molecule has 0 bridgehead atoms. The Bertz CT molecular complexity index is 287. The molecule has 1 aliphatic heterocycles. The van der Waals surface area contributed by atoms with Gasteiger partial charge in [0.05, 0.1) is 6.34 Å². The van der Waals surface area contributed by atoms with Crippen molar-refractivity contribution in [2.45, 2.75) is 26.2 Å². The van der Waals surface area contributed by atoms with E-state index in [0.29, 0.717) is 0 Å². The Kier molecular flexibility index (Phi) is 3.98. The minimum absolute atomic E-state index is 0.859. The van der Waals surface area contributed by atoms with E-state index in [1.165, 1.54) is 6.42 Å². The van der Waals surface area contributed by atoms with Gasteiger partial charge in [-0.05, 0) is 19.0 Å². The summed E-state index contributed by atoms with van der Waals surface area (Å²) in [5.41, 5.74) is 2.08. The smallest absolute Gasteiger partial charge is 0.136 e. The maximum absolute atomic E-state index is 4.20. The van der Waals surface area contributed by atoms with Crippen LogP contribution < -0.4 is 10.6 Å².